The van der Waals surface area contributed by atoms with Crippen LogP contribution < -0.4 is 11.0 Å². The van der Waals surface area contributed by atoms with E-state index in [9.17, 15) is 4.79 Å². The molecule has 0 saturated carbocycles. The van der Waals surface area contributed by atoms with Crippen molar-refractivity contribution < 1.29 is 0 Å². The Hall–Kier alpha value is -2.69. The number of anilines is 2. The number of imidazole rings is 1. The Kier molecular flexibility index (Phi) is 4.45. The summed E-state index contributed by atoms with van der Waals surface area (Å²) >= 11 is 12.0. The molecule has 6 heteroatoms. The first-order valence-corrected chi connectivity index (χ1v) is 8.84. The predicted octanol–water partition coefficient (Wildman–Crippen LogP) is 5.43. The summed E-state index contributed by atoms with van der Waals surface area (Å²) in [5.74, 6) is 0. The average Bonchev–Trinajstić information content (AvgIpc) is 2.94. The van der Waals surface area contributed by atoms with Crippen LogP contribution in [0.1, 0.15) is 5.56 Å². The van der Waals surface area contributed by atoms with Gasteiger partial charge in [0.1, 0.15) is 0 Å². The second-order valence-electron chi connectivity index (χ2n) is 5.99. The second-order valence-corrected chi connectivity index (χ2v) is 6.80. The maximum Gasteiger partial charge on any atom is 0.326 e. The third-order valence-electron chi connectivity index (χ3n) is 4.16. The van der Waals surface area contributed by atoms with Gasteiger partial charge in [0.25, 0.3) is 0 Å². The maximum absolute atomic E-state index is 12.4. The summed E-state index contributed by atoms with van der Waals surface area (Å²) in [6.07, 6.45) is 0. The van der Waals surface area contributed by atoms with Crippen molar-refractivity contribution in [3.63, 3.8) is 0 Å². The molecule has 0 bridgehead atoms. The molecule has 0 aliphatic rings. The maximum atomic E-state index is 12.4. The summed E-state index contributed by atoms with van der Waals surface area (Å²) in [7, 11) is 0. The number of aromatic nitrogens is 2. The summed E-state index contributed by atoms with van der Waals surface area (Å²) < 4.78 is 1.68. The zero-order chi connectivity index (χ0) is 18.1. The lowest BCUT2D eigenvalue weighted by atomic mass is 10.2. The topological polar surface area (TPSA) is 49.8 Å². The van der Waals surface area contributed by atoms with E-state index in [-0.39, 0.29) is 5.69 Å². The molecule has 0 aliphatic heterocycles. The van der Waals surface area contributed by atoms with Crippen LogP contribution in [0.3, 0.4) is 0 Å². The number of hydrogen-bond acceptors (Lipinski definition) is 2. The Bertz CT molecular complexity index is 1130. The Morgan fingerprint density at radius 1 is 0.885 bits per heavy atom. The molecular weight excluding hydrogens is 369 g/mol. The summed E-state index contributed by atoms with van der Waals surface area (Å²) in [4.78, 5) is 15.3. The van der Waals surface area contributed by atoms with Crippen LogP contribution in [0.25, 0.3) is 11.0 Å². The average molecular weight is 384 g/mol. The van der Waals surface area contributed by atoms with Gasteiger partial charge in [-0.05, 0) is 48.0 Å². The number of fused-ring (bicyclic) bond motifs is 1. The van der Waals surface area contributed by atoms with Crippen LogP contribution in [0.2, 0.25) is 10.0 Å². The van der Waals surface area contributed by atoms with Crippen molar-refractivity contribution in [2.45, 2.75) is 6.54 Å². The third kappa shape index (κ3) is 3.34. The lowest BCUT2D eigenvalue weighted by molar-refractivity contribution is 0.787. The molecule has 2 N–H and O–H groups in total. The summed E-state index contributed by atoms with van der Waals surface area (Å²) in [5.41, 5.74) is 4.25. The number of rotatable bonds is 4. The SMILES string of the molecule is O=c1[nH]c2cc(Nc3ccccc3)ccc2n1Cc1ccc(Cl)c(Cl)c1. The van der Waals surface area contributed by atoms with Gasteiger partial charge in [0, 0.05) is 11.4 Å². The van der Waals surface area contributed by atoms with Crippen molar-refractivity contribution >= 4 is 45.6 Å². The largest absolute Gasteiger partial charge is 0.355 e. The number of nitrogens with zero attached hydrogens (tertiary/aromatic N) is 1. The predicted molar refractivity (Wildman–Crippen MR) is 108 cm³/mol. The summed E-state index contributed by atoms with van der Waals surface area (Å²) in [6.45, 7) is 0.418. The number of benzene rings is 3. The molecule has 4 aromatic rings. The van der Waals surface area contributed by atoms with Gasteiger partial charge in [-0.15, -0.1) is 0 Å². The van der Waals surface area contributed by atoms with Gasteiger partial charge < -0.3 is 10.3 Å². The van der Waals surface area contributed by atoms with Crippen molar-refractivity contribution in [2.24, 2.45) is 0 Å². The molecule has 0 saturated heterocycles. The minimum atomic E-state index is -0.164. The van der Waals surface area contributed by atoms with Gasteiger partial charge >= 0.3 is 5.69 Å². The quantitative estimate of drug-likeness (QED) is 0.493. The third-order valence-corrected chi connectivity index (χ3v) is 4.90. The highest BCUT2D eigenvalue weighted by Gasteiger charge is 2.09. The van der Waals surface area contributed by atoms with Gasteiger partial charge in [-0.3, -0.25) is 4.57 Å². The van der Waals surface area contributed by atoms with E-state index in [0.717, 1.165) is 28.0 Å². The summed E-state index contributed by atoms with van der Waals surface area (Å²) in [6, 6.07) is 21.1. The molecule has 0 spiro atoms. The Labute approximate surface area is 160 Å². The fraction of sp³-hybridized carbons (Fsp3) is 0.0500. The standard InChI is InChI=1S/C20H15Cl2N3O/c21-16-8-6-13(10-17(16)22)12-25-19-9-7-15(11-18(19)24-20(25)26)23-14-4-2-1-3-5-14/h1-11,23H,12H2,(H,24,26). The smallest absolute Gasteiger partial charge is 0.326 e. The second kappa shape index (κ2) is 6.90. The molecule has 3 aromatic carbocycles. The number of para-hydroxylation sites is 1. The van der Waals surface area contributed by atoms with Crippen molar-refractivity contribution in [3.8, 4) is 0 Å². The molecule has 4 rings (SSSR count). The fourth-order valence-corrected chi connectivity index (χ4v) is 3.23. The first-order chi connectivity index (χ1) is 12.6. The zero-order valence-corrected chi connectivity index (χ0v) is 15.2. The lowest BCUT2D eigenvalue weighted by Crippen LogP contribution is -2.17. The highest BCUT2D eigenvalue weighted by atomic mass is 35.5. The van der Waals surface area contributed by atoms with Gasteiger partial charge in [-0.25, -0.2) is 4.79 Å². The van der Waals surface area contributed by atoms with Crippen molar-refractivity contribution in [2.75, 3.05) is 5.32 Å². The van der Waals surface area contributed by atoms with Crippen molar-refractivity contribution in [3.05, 3.63) is 92.8 Å². The van der Waals surface area contributed by atoms with Crippen LogP contribution in [0.5, 0.6) is 0 Å². The molecule has 1 heterocycles. The molecule has 26 heavy (non-hydrogen) atoms. The molecule has 0 aliphatic carbocycles. The Morgan fingerprint density at radius 3 is 2.46 bits per heavy atom. The first kappa shape index (κ1) is 16.8. The van der Waals surface area contributed by atoms with E-state index in [0.29, 0.717) is 16.6 Å². The Balaban J connectivity index is 1.67. The van der Waals surface area contributed by atoms with Crippen LogP contribution in [0.4, 0.5) is 11.4 Å². The van der Waals surface area contributed by atoms with Gasteiger partial charge in [0.15, 0.2) is 0 Å². The number of aromatic amines is 1. The van der Waals surface area contributed by atoms with Gasteiger partial charge in [0.05, 0.1) is 27.6 Å². The van der Waals surface area contributed by atoms with E-state index in [1.165, 1.54) is 0 Å². The van der Waals surface area contributed by atoms with Crippen molar-refractivity contribution in [1.29, 1.82) is 0 Å². The van der Waals surface area contributed by atoms with Crippen LogP contribution in [-0.2, 0) is 6.54 Å². The summed E-state index contributed by atoms with van der Waals surface area (Å²) in [5, 5.41) is 4.30. The molecule has 4 nitrogen and oxygen atoms in total. The van der Waals surface area contributed by atoms with E-state index >= 15 is 0 Å². The minimum Gasteiger partial charge on any atom is -0.355 e. The molecular formula is C20H15Cl2N3O. The molecule has 1 aromatic heterocycles. The van der Waals surface area contributed by atoms with Crippen molar-refractivity contribution in [1.82, 2.24) is 9.55 Å². The molecule has 0 unspecified atom stereocenters. The van der Waals surface area contributed by atoms with Crippen LogP contribution in [-0.4, -0.2) is 9.55 Å². The van der Waals surface area contributed by atoms with E-state index in [2.05, 4.69) is 10.3 Å². The number of H-pyrrole nitrogens is 1. The van der Waals surface area contributed by atoms with Gasteiger partial charge in [0.2, 0.25) is 0 Å². The highest BCUT2D eigenvalue weighted by molar-refractivity contribution is 6.42. The molecule has 0 amide bonds. The first-order valence-electron chi connectivity index (χ1n) is 8.09. The van der Waals surface area contributed by atoms with E-state index < -0.39 is 0 Å². The minimum absolute atomic E-state index is 0.164. The lowest BCUT2D eigenvalue weighted by Gasteiger charge is -2.08. The molecule has 0 radical (unpaired) electrons. The highest BCUT2D eigenvalue weighted by Crippen LogP contribution is 2.24. The van der Waals surface area contributed by atoms with Gasteiger partial charge in [-0.1, -0.05) is 47.5 Å². The number of hydrogen-bond donors (Lipinski definition) is 2. The monoisotopic (exact) mass is 383 g/mol. The fourth-order valence-electron chi connectivity index (χ4n) is 2.91. The van der Waals surface area contributed by atoms with E-state index in [1.54, 1.807) is 16.7 Å². The molecule has 0 fully saturated rings. The van der Waals surface area contributed by atoms with Gasteiger partial charge in [-0.2, -0.15) is 0 Å². The van der Waals surface area contributed by atoms with Crippen LogP contribution in [0, 0.1) is 0 Å². The molecule has 0 atom stereocenters. The zero-order valence-electron chi connectivity index (χ0n) is 13.7. The van der Waals surface area contributed by atoms with Crippen LogP contribution in [0.15, 0.2) is 71.5 Å². The normalized spacial score (nSPS) is 11.0. The van der Waals surface area contributed by atoms with E-state index in [1.807, 2.05) is 54.6 Å². The number of nitrogens with one attached hydrogen (secondary N) is 2. The molecule has 130 valence electrons. The van der Waals surface area contributed by atoms with Crippen LogP contribution >= 0.6 is 23.2 Å². The Morgan fingerprint density at radius 2 is 1.69 bits per heavy atom. The van der Waals surface area contributed by atoms with E-state index in [4.69, 9.17) is 23.2 Å². The number of halogens is 2.